The van der Waals surface area contributed by atoms with Gasteiger partial charge in [0.2, 0.25) is 0 Å². The summed E-state index contributed by atoms with van der Waals surface area (Å²) >= 11 is 0. The van der Waals surface area contributed by atoms with Crippen molar-refractivity contribution in [3.8, 4) is 0 Å². The number of hydrogen-bond acceptors (Lipinski definition) is 4. The van der Waals surface area contributed by atoms with Crippen LogP contribution in [0.2, 0.25) is 0 Å². The van der Waals surface area contributed by atoms with Crippen molar-refractivity contribution in [3.05, 3.63) is 50.3 Å². The highest BCUT2D eigenvalue weighted by Crippen LogP contribution is 2.03. The number of hydrogen-bond donors (Lipinski definition) is 1. The van der Waals surface area contributed by atoms with Crippen molar-refractivity contribution in [1.29, 1.82) is 0 Å². The maximum atomic E-state index is 12.1. The van der Waals surface area contributed by atoms with E-state index in [9.17, 15) is 14.4 Å². The number of rotatable bonds is 4. The van der Waals surface area contributed by atoms with Gasteiger partial charge in [-0.25, -0.2) is 9.78 Å². The summed E-state index contributed by atoms with van der Waals surface area (Å²) in [6.45, 7) is 4.81. The summed E-state index contributed by atoms with van der Waals surface area (Å²) in [6, 6.07) is 1.16. The third-order valence-corrected chi connectivity index (χ3v) is 3.74. The monoisotopic (exact) mass is 305 g/mol. The first-order chi connectivity index (χ1) is 10.3. The van der Waals surface area contributed by atoms with Crippen molar-refractivity contribution in [1.82, 2.24) is 24.0 Å². The molecule has 0 atom stereocenters. The standard InChI is InChI=1S/C14H19N5O3/c1-9-10(2)19(8-16-9)6-5-15-13(21)11-7-12(20)18(4)14(22)17(11)3/h7-8H,5-6H2,1-4H3,(H,15,21). The van der Waals surface area contributed by atoms with Crippen molar-refractivity contribution < 1.29 is 4.79 Å². The fraction of sp³-hybridized carbons (Fsp3) is 0.429. The Labute approximate surface area is 127 Å². The van der Waals surface area contributed by atoms with Gasteiger partial charge in [0.05, 0.1) is 12.0 Å². The Kier molecular flexibility index (Phi) is 4.30. The van der Waals surface area contributed by atoms with Gasteiger partial charge >= 0.3 is 5.69 Å². The Balaban J connectivity index is 2.09. The average molecular weight is 305 g/mol. The summed E-state index contributed by atoms with van der Waals surface area (Å²) in [5.41, 5.74) is 0.996. The molecule has 2 rings (SSSR count). The largest absolute Gasteiger partial charge is 0.349 e. The normalized spacial score (nSPS) is 10.7. The summed E-state index contributed by atoms with van der Waals surface area (Å²) in [7, 11) is 2.83. The zero-order chi connectivity index (χ0) is 16.4. The molecule has 0 aliphatic carbocycles. The molecule has 8 nitrogen and oxygen atoms in total. The van der Waals surface area contributed by atoms with Crippen LogP contribution >= 0.6 is 0 Å². The predicted molar refractivity (Wildman–Crippen MR) is 81.0 cm³/mol. The Hall–Kier alpha value is -2.64. The van der Waals surface area contributed by atoms with E-state index in [2.05, 4.69) is 10.3 Å². The van der Waals surface area contributed by atoms with Crippen LogP contribution in [0.25, 0.3) is 0 Å². The van der Waals surface area contributed by atoms with E-state index in [0.29, 0.717) is 13.1 Å². The number of nitrogens with one attached hydrogen (secondary N) is 1. The van der Waals surface area contributed by atoms with Gasteiger partial charge in [-0.05, 0) is 13.8 Å². The van der Waals surface area contributed by atoms with Crippen molar-refractivity contribution >= 4 is 5.91 Å². The Bertz CT molecular complexity index is 828. The topological polar surface area (TPSA) is 90.9 Å². The first-order valence-corrected chi connectivity index (χ1v) is 6.86. The predicted octanol–water partition coefficient (Wildman–Crippen LogP) is -0.673. The minimum absolute atomic E-state index is 0.0478. The molecule has 0 bridgehead atoms. The van der Waals surface area contributed by atoms with Crippen LogP contribution in [-0.4, -0.2) is 31.1 Å². The molecule has 0 aliphatic heterocycles. The smallest absolute Gasteiger partial charge is 0.331 e. The van der Waals surface area contributed by atoms with E-state index in [-0.39, 0.29) is 5.69 Å². The SMILES string of the molecule is Cc1ncn(CCNC(=O)c2cc(=O)n(C)c(=O)n2C)c1C. The molecule has 0 unspecified atom stereocenters. The number of aryl methyl sites for hydroxylation is 1. The van der Waals surface area contributed by atoms with E-state index in [1.165, 1.54) is 14.1 Å². The van der Waals surface area contributed by atoms with Crippen LogP contribution in [0.1, 0.15) is 21.9 Å². The third-order valence-electron chi connectivity index (χ3n) is 3.74. The summed E-state index contributed by atoms with van der Waals surface area (Å²) in [6.07, 6.45) is 1.71. The molecule has 0 aromatic carbocycles. The van der Waals surface area contributed by atoms with Gasteiger partial charge in [0.1, 0.15) is 5.69 Å². The second-order valence-corrected chi connectivity index (χ2v) is 5.13. The number of aromatic nitrogens is 4. The van der Waals surface area contributed by atoms with Gasteiger partial charge in [0, 0.05) is 38.9 Å². The summed E-state index contributed by atoms with van der Waals surface area (Å²) in [5.74, 6) is -0.452. The summed E-state index contributed by atoms with van der Waals surface area (Å²) in [4.78, 5) is 39.7. The van der Waals surface area contributed by atoms with Crippen LogP contribution in [-0.2, 0) is 20.6 Å². The third kappa shape index (κ3) is 2.85. The number of imidazole rings is 1. The Morgan fingerprint density at radius 2 is 1.91 bits per heavy atom. The highest BCUT2D eigenvalue weighted by atomic mass is 16.2. The molecule has 1 N–H and O–H groups in total. The van der Waals surface area contributed by atoms with E-state index in [4.69, 9.17) is 0 Å². The lowest BCUT2D eigenvalue weighted by Gasteiger charge is -2.11. The van der Waals surface area contributed by atoms with Crippen molar-refractivity contribution in [3.63, 3.8) is 0 Å². The average Bonchev–Trinajstić information content (AvgIpc) is 2.80. The lowest BCUT2D eigenvalue weighted by Crippen LogP contribution is -2.41. The van der Waals surface area contributed by atoms with E-state index in [1.807, 2.05) is 18.4 Å². The molecule has 0 fully saturated rings. The Morgan fingerprint density at radius 1 is 1.23 bits per heavy atom. The van der Waals surface area contributed by atoms with Crippen molar-refractivity contribution in [2.75, 3.05) is 6.54 Å². The van der Waals surface area contributed by atoms with E-state index in [0.717, 1.165) is 26.6 Å². The van der Waals surface area contributed by atoms with Gasteiger partial charge in [-0.1, -0.05) is 0 Å². The lowest BCUT2D eigenvalue weighted by atomic mass is 10.3. The zero-order valence-corrected chi connectivity index (χ0v) is 13.1. The van der Waals surface area contributed by atoms with Gasteiger partial charge in [-0.2, -0.15) is 0 Å². The molecule has 2 aromatic rings. The molecular formula is C14H19N5O3. The van der Waals surface area contributed by atoms with Crippen LogP contribution in [0, 0.1) is 13.8 Å². The van der Waals surface area contributed by atoms with Crippen molar-refractivity contribution in [2.24, 2.45) is 14.1 Å². The molecule has 0 saturated heterocycles. The summed E-state index contributed by atoms with van der Waals surface area (Å²) < 4.78 is 4.04. The minimum atomic E-state index is -0.529. The maximum absolute atomic E-state index is 12.1. The lowest BCUT2D eigenvalue weighted by molar-refractivity contribution is 0.0942. The van der Waals surface area contributed by atoms with Crippen molar-refractivity contribution in [2.45, 2.75) is 20.4 Å². The number of nitrogens with zero attached hydrogens (tertiary/aromatic N) is 4. The first-order valence-electron chi connectivity index (χ1n) is 6.86. The molecule has 0 spiro atoms. The van der Waals surface area contributed by atoms with E-state index < -0.39 is 17.2 Å². The quantitative estimate of drug-likeness (QED) is 0.811. The van der Waals surface area contributed by atoms with Crippen LogP contribution in [0.5, 0.6) is 0 Å². The second-order valence-electron chi connectivity index (χ2n) is 5.13. The number of amides is 1. The number of carbonyl (C=O) groups is 1. The van der Waals surface area contributed by atoms with Gasteiger partial charge in [-0.3, -0.25) is 18.7 Å². The zero-order valence-electron chi connectivity index (χ0n) is 13.1. The summed E-state index contributed by atoms with van der Waals surface area (Å²) in [5, 5.41) is 2.70. The molecule has 22 heavy (non-hydrogen) atoms. The molecular weight excluding hydrogens is 286 g/mol. The van der Waals surface area contributed by atoms with Gasteiger partial charge in [-0.15, -0.1) is 0 Å². The molecule has 8 heteroatoms. The van der Waals surface area contributed by atoms with Gasteiger partial charge < -0.3 is 9.88 Å². The number of carbonyl (C=O) groups excluding carboxylic acids is 1. The highest BCUT2D eigenvalue weighted by molar-refractivity contribution is 5.92. The van der Waals surface area contributed by atoms with E-state index in [1.54, 1.807) is 6.33 Å². The van der Waals surface area contributed by atoms with E-state index >= 15 is 0 Å². The molecule has 1 amide bonds. The van der Waals surface area contributed by atoms with Gasteiger partial charge in [0.15, 0.2) is 0 Å². The molecule has 0 saturated carbocycles. The fourth-order valence-electron chi connectivity index (χ4n) is 2.10. The molecule has 118 valence electrons. The molecule has 2 heterocycles. The van der Waals surface area contributed by atoms with Crippen LogP contribution < -0.4 is 16.6 Å². The molecule has 2 aromatic heterocycles. The maximum Gasteiger partial charge on any atom is 0.331 e. The molecule has 0 radical (unpaired) electrons. The molecule has 0 aliphatic rings. The minimum Gasteiger partial charge on any atom is -0.349 e. The second kappa shape index (κ2) is 6.00. The van der Waals surface area contributed by atoms with Gasteiger partial charge in [0.25, 0.3) is 11.5 Å². The van der Waals surface area contributed by atoms with Crippen LogP contribution in [0.3, 0.4) is 0 Å². The Morgan fingerprint density at radius 3 is 2.50 bits per heavy atom. The first kappa shape index (κ1) is 15.7. The highest BCUT2D eigenvalue weighted by Gasteiger charge is 2.13. The van der Waals surface area contributed by atoms with Crippen LogP contribution in [0.4, 0.5) is 0 Å². The fourth-order valence-corrected chi connectivity index (χ4v) is 2.10. The van der Waals surface area contributed by atoms with Crippen LogP contribution in [0.15, 0.2) is 22.0 Å².